The average Bonchev–Trinajstić information content (AvgIpc) is 4.02. The number of nitrogen functional groups attached to an aromatic ring is 1. The first-order valence-corrected chi connectivity index (χ1v) is 22.8. The number of rotatable bonds is 5. The highest BCUT2D eigenvalue weighted by Gasteiger charge is 2.13. The third kappa shape index (κ3) is 15.7. The Morgan fingerprint density at radius 3 is 1.51 bits per heavy atom. The summed E-state index contributed by atoms with van der Waals surface area (Å²) in [6, 6.07) is 12.1. The molecule has 9 rings (SSSR count). The van der Waals surface area contributed by atoms with Gasteiger partial charge in [0.15, 0.2) is 0 Å². The molecule has 69 heavy (non-hydrogen) atoms. The molecule has 0 aliphatic rings. The van der Waals surface area contributed by atoms with Crippen LogP contribution >= 0.6 is 79.6 Å². The van der Waals surface area contributed by atoms with Crippen LogP contribution in [0.15, 0.2) is 115 Å². The fourth-order valence-electron chi connectivity index (χ4n) is 5.21. The van der Waals surface area contributed by atoms with E-state index in [0.717, 1.165) is 42.5 Å². The lowest BCUT2D eigenvalue weighted by atomic mass is 10.3. The number of carboxylic acid groups (broad SMARTS) is 1. The Labute approximate surface area is 432 Å². The largest absolute Gasteiger partial charge is 0.477 e. The number of fused-ring (bicyclic) bond motifs is 3. The molecule has 9 heterocycles. The number of halogens is 5. The third-order valence-electron chi connectivity index (χ3n) is 8.62. The predicted molar refractivity (Wildman–Crippen MR) is 275 cm³/mol. The topological polar surface area (TPSA) is 328 Å². The number of nitro groups is 2. The van der Waals surface area contributed by atoms with Crippen LogP contribution in [0.1, 0.15) is 16.2 Å². The van der Waals surface area contributed by atoms with Crippen molar-refractivity contribution in [3.05, 3.63) is 147 Å². The van der Waals surface area contributed by atoms with Crippen LogP contribution in [-0.4, -0.2) is 93.6 Å². The van der Waals surface area contributed by atoms with Gasteiger partial charge in [-0.3, -0.25) is 20.2 Å². The fraction of sp³-hybridized carbons (Fsp3) is 0.125. The van der Waals surface area contributed by atoms with Gasteiger partial charge in [-0.1, -0.05) is 0 Å². The van der Waals surface area contributed by atoms with Gasteiger partial charge in [-0.15, -0.1) is 0 Å². The highest BCUT2D eigenvalue weighted by molar-refractivity contribution is 9.11. The summed E-state index contributed by atoms with van der Waals surface area (Å²) in [5, 5.41) is 43.6. The lowest BCUT2D eigenvalue weighted by Crippen LogP contribution is -1.99. The monoisotopic (exact) mass is 1260 g/mol. The predicted octanol–water partition coefficient (Wildman–Crippen LogP) is 9.01. The number of hydrogen-bond acceptors (Lipinski definition) is 18. The first-order chi connectivity index (χ1) is 32.8. The number of nitrogens with one attached hydrogen (secondary N) is 2. The number of aromatic carboxylic acids is 1. The second-order valence-electron chi connectivity index (χ2n) is 13.2. The van der Waals surface area contributed by atoms with Crippen molar-refractivity contribution in [3.63, 3.8) is 0 Å². The molecule has 0 unspecified atom stereocenters. The minimum absolute atomic E-state index is 0.0271. The Bertz CT molecular complexity index is 3310. The van der Waals surface area contributed by atoms with Crippen LogP contribution in [0.2, 0.25) is 0 Å². The zero-order valence-corrected chi connectivity index (χ0v) is 44.3. The summed E-state index contributed by atoms with van der Waals surface area (Å²) in [6.45, 7) is 0. The minimum atomic E-state index is -1.02. The second-order valence-corrected chi connectivity index (χ2v) is 17.3. The summed E-state index contributed by atoms with van der Waals surface area (Å²) < 4.78 is 8.75. The number of nitriles is 1. The Morgan fingerprint density at radius 1 is 0.609 bits per heavy atom. The van der Waals surface area contributed by atoms with Crippen molar-refractivity contribution in [2.45, 2.75) is 0 Å². The van der Waals surface area contributed by atoms with E-state index in [1.54, 1.807) is 68.4 Å². The van der Waals surface area contributed by atoms with Crippen molar-refractivity contribution in [1.29, 1.82) is 5.26 Å². The molecule has 0 aliphatic carbocycles. The Hall–Kier alpha value is -7.13. The molecule has 0 bridgehead atoms. The zero-order valence-electron chi connectivity index (χ0n) is 36.3. The number of carbonyl (C=O) groups is 1. The van der Waals surface area contributed by atoms with Crippen molar-refractivity contribution in [2.24, 2.45) is 21.1 Å². The van der Waals surface area contributed by atoms with E-state index in [-0.39, 0.29) is 17.1 Å². The maximum atomic E-state index is 10.6. The molecular formula is C40H35Br5N18O6. The first kappa shape index (κ1) is 54.5. The van der Waals surface area contributed by atoms with Crippen molar-refractivity contribution in [2.75, 3.05) is 30.5 Å². The number of imidazole rings is 3. The Morgan fingerprint density at radius 2 is 1.03 bits per heavy atom. The summed E-state index contributed by atoms with van der Waals surface area (Å²) in [7, 11) is 9.09. The van der Waals surface area contributed by atoms with Crippen LogP contribution in [0.25, 0.3) is 33.1 Å². The molecule has 0 saturated carbocycles. The van der Waals surface area contributed by atoms with Gasteiger partial charge in [-0.25, -0.2) is 49.7 Å². The van der Waals surface area contributed by atoms with E-state index < -0.39 is 15.8 Å². The number of pyridine rings is 6. The summed E-state index contributed by atoms with van der Waals surface area (Å²) in [5.74, 6) is -1.02. The van der Waals surface area contributed by atoms with E-state index in [1.165, 1.54) is 30.7 Å². The van der Waals surface area contributed by atoms with E-state index in [0.29, 0.717) is 36.3 Å². The highest BCUT2D eigenvalue weighted by atomic mass is 79.9. The fourth-order valence-corrected chi connectivity index (χ4v) is 7.29. The number of aryl methyl sites for hydroxylation is 3. The van der Waals surface area contributed by atoms with Gasteiger partial charge in [-0.2, -0.15) is 5.26 Å². The molecule has 0 spiro atoms. The van der Waals surface area contributed by atoms with E-state index >= 15 is 0 Å². The van der Waals surface area contributed by atoms with E-state index in [1.807, 2.05) is 48.5 Å². The summed E-state index contributed by atoms with van der Waals surface area (Å²) >= 11 is 15.8. The molecule has 0 aliphatic heterocycles. The molecule has 0 saturated heterocycles. The van der Waals surface area contributed by atoms with E-state index in [9.17, 15) is 25.0 Å². The smallest absolute Gasteiger partial charge is 0.354 e. The highest BCUT2D eigenvalue weighted by Crippen LogP contribution is 2.26. The molecule has 5 N–H and O–H groups in total. The molecule has 9 aromatic heterocycles. The Balaban J connectivity index is 0.000000181. The van der Waals surface area contributed by atoms with Crippen molar-refractivity contribution in [3.8, 4) is 6.07 Å². The van der Waals surface area contributed by atoms with Gasteiger partial charge in [0.1, 0.15) is 70.5 Å². The maximum absolute atomic E-state index is 10.6. The van der Waals surface area contributed by atoms with Crippen molar-refractivity contribution >= 4 is 147 Å². The quantitative estimate of drug-likeness (QED) is 0.0709. The Kier molecular flexibility index (Phi) is 20.4. The number of hydrogen-bond donors (Lipinski definition) is 4. The minimum Gasteiger partial charge on any atom is -0.477 e. The standard InChI is InChI=1S/C8H6N4.C8H7N3O2.C7H6BrN3.C6H6BrN3O2.C6H8BrN3.C5H2Br2N2O2/c1-12-5-11-7-4-10-6(3-9)2-8(7)12;1-11-4-10-6-3-9-5(8(12)13)2-7(6)11;1-11-4-10-5-3-9-7(8)2-6(5)11;1-8-4-2-6(7)9-3-5(4)10(11)12;1-9-5-2-6(7)10-3-4(5)8;6-3-1-5(7)8-2-4(3)9(10)11/h2,4-5H,1H3;2-4H,1H3,(H,12,13);2-4H,1H3;2-3H,1H3,(H,8,9);2-3H,8H2,1H3,(H,9,10);1-2H. The molecule has 0 radical (unpaired) electrons. The zero-order chi connectivity index (χ0) is 50.9. The van der Waals surface area contributed by atoms with Crippen LogP contribution < -0.4 is 16.4 Å². The van der Waals surface area contributed by atoms with Crippen LogP contribution in [-0.2, 0) is 21.1 Å². The van der Waals surface area contributed by atoms with Crippen LogP contribution in [0, 0.1) is 31.6 Å². The second kappa shape index (κ2) is 25.9. The van der Waals surface area contributed by atoms with Gasteiger partial charge in [0.05, 0.1) is 86.0 Å². The van der Waals surface area contributed by atoms with Crippen LogP contribution in [0.4, 0.5) is 28.4 Å². The molecule has 29 heteroatoms. The summed E-state index contributed by atoms with van der Waals surface area (Å²) in [4.78, 5) is 65.6. The van der Waals surface area contributed by atoms with Gasteiger partial charge in [-0.05, 0) is 104 Å². The summed E-state index contributed by atoms with van der Waals surface area (Å²) in [6.07, 6.45) is 13.9. The number of carboxylic acids is 1. The van der Waals surface area contributed by atoms with Crippen molar-refractivity contribution in [1.82, 2.24) is 58.6 Å². The van der Waals surface area contributed by atoms with Gasteiger partial charge < -0.3 is 35.2 Å². The third-order valence-corrected chi connectivity index (χ3v) is 11.0. The SMILES string of the molecule is CNc1cc(Br)ncc1N.CNc1cc(Br)ncc1[N+](=O)[O-].Cn1cnc2cnc(Br)cc21.Cn1cnc2cnc(C#N)cc21.Cn1cnc2cnc(C(=O)O)cc21.O=[N+]([O-])c1cnc(Br)cc1Br. The van der Waals surface area contributed by atoms with E-state index in [4.69, 9.17) is 16.1 Å². The van der Waals surface area contributed by atoms with Gasteiger partial charge >= 0.3 is 17.3 Å². The lowest BCUT2D eigenvalue weighted by Gasteiger charge is -2.02. The van der Waals surface area contributed by atoms with Crippen LogP contribution in [0.5, 0.6) is 0 Å². The van der Waals surface area contributed by atoms with Gasteiger partial charge in [0, 0.05) is 47.4 Å². The number of nitrogens with two attached hydrogens (primary N) is 1. The molecule has 356 valence electrons. The van der Waals surface area contributed by atoms with Crippen LogP contribution in [0.3, 0.4) is 0 Å². The maximum Gasteiger partial charge on any atom is 0.354 e. The molecule has 0 amide bonds. The normalized spacial score (nSPS) is 9.99. The first-order valence-electron chi connectivity index (χ1n) is 18.9. The average molecular weight is 1260 g/mol. The molecule has 0 aromatic carbocycles. The lowest BCUT2D eigenvalue weighted by molar-refractivity contribution is -0.386. The van der Waals surface area contributed by atoms with Gasteiger partial charge in [0.2, 0.25) is 0 Å². The van der Waals surface area contributed by atoms with Gasteiger partial charge in [0.25, 0.3) is 0 Å². The number of anilines is 3. The summed E-state index contributed by atoms with van der Waals surface area (Å²) in [5.41, 5.74) is 13.2. The molecule has 0 atom stereocenters. The number of nitrogens with zero attached hydrogens (tertiary/aromatic N) is 15. The van der Waals surface area contributed by atoms with Crippen molar-refractivity contribution < 1.29 is 19.7 Å². The van der Waals surface area contributed by atoms with E-state index in [2.05, 4.69) is 135 Å². The molecule has 9 aromatic rings. The molecule has 24 nitrogen and oxygen atoms in total. The number of aromatic nitrogens is 12. The molecule has 0 fully saturated rings. The molecular weight excluding hydrogens is 1230 g/mol.